The van der Waals surface area contributed by atoms with Gasteiger partial charge in [0.15, 0.2) is 0 Å². The van der Waals surface area contributed by atoms with Gasteiger partial charge in [-0.25, -0.2) is 8.42 Å². The Morgan fingerprint density at radius 2 is 1.84 bits per heavy atom. The van der Waals surface area contributed by atoms with Crippen molar-refractivity contribution < 1.29 is 22.4 Å². The lowest BCUT2D eigenvalue weighted by Gasteiger charge is -2.19. The molecule has 0 fully saturated rings. The van der Waals surface area contributed by atoms with Crippen LogP contribution in [-0.4, -0.2) is 27.5 Å². The average molecular weight is 522 g/mol. The number of fused-ring (bicyclic) bond motifs is 3. The predicted molar refractivity (Wildman–Crippen MR) is 126 cm³/mol. The quantitative estimate of drug-likeness (QED) is 0.336. The molecule has 9 heteroatoms. The molecule has 2 aromatic heterocycles. The molecule has 4 rings (SSSR count). The Bertz CT molecular complexity index is 1390. The first-order valence-corrected chi connectivity index (χ1v) is 12.6. The Morgan fingerprint density at radius 3 is 2.48 bits per heavy atom. The Morgan fingerprint density at radius 1 is 1.06 bits per heavy atom. The van der Waals surface area contributed by atoms with Crippen LogP contribution in [0.4, 0.5) is 0 Å². The number of methoxy groups -OCH3 is 1. The molecule has 0 aliphatic rings. The van der Waals surface area contributed by atoms with Crippen LogP contribution in [0.1, 0.15) is 13.8 Å². The fraction of sp³-hybridized carbons (Fsp3) is 0.227. The molecule has 0 amide bonds. The molecule has 162 valence electrons. The highest BCUT2D eigenvalue weighted by molar-refractivity contribution is 9.11. The van der Waals surface area contributed by atoms with E-state index in [-0.39, 0.29) is 10.8 Å². The number of furan rings is 1. The Balaban J connectivity index is 1.74. The minimum atomic E-state index is -3.94. The molecular formula is C22H20BrNO5S2. The highest BCUT2D eigenvalue weighted by Gasteiger charge is 2.29. The van der Waals surface area contributed by atoms with Gasteiger partial charge in [0, 0.05) is 15.6 Å². The van der Waals surface area contributed by atoms with Gasteiger partial charge in [-0.1, -0.05) is 19.9 Å². The molecule has 1 N–H and O–H groups in total. The zero-order valence-electron chi connectivity index (χ0n) is 17.0. The summed E-state index contributed by atoms with van der Waals surface area (Å²) in [7, 11) is -2.71. The van der Waals surface area contributed by atoms with Crippen LogP contribution in [0.25, 0.3) is 32.4 Å². The number of benzene rings is 2. The van der Waals surface area contributed by atoms with Crippen LogP contribution in [0.5, 0.6) is 0 Å². The normalized spacial score (nSPS) is 13.2. The number of halogens is 1. The molecule has 0 radical (unpaired) electrons. The van der Waals surface area contributed by atoms with Crippen molar-refractivity contribution in [3.63, 3.8) is 0 Å². The summed E-state index contributed by atoms with van der Waals surface area (Å²) in [6, 6.07) is 13.6. The largest absolute Gasteiger partial charge is 0.468 e. The summed E-state index contributed by atoms with van der Waals surface area (Å²) in [6.07, 6.45) is 0. The number of rotatable bonds is 6. The monoisotopic (exact) mass is 521 g/mol. The number of ether oxygens (including phenoxy) is 1. The fourth-order valence-corrected chi connectivity index (χ4v) is 6.11. The Labute approximate surface area is 192 Å². The molecule has 0 saturated carbocycles. The summed E-state index contributed by atoms with van der Waals surface area (Å²) in [5.41, 5.74) is 2.29. The zero-order chi connectivity index (χ0) is 22.3. The van der Waals surface area contributed by atoms with Crippen LogP contribution in [-0.2, 0) is 19.6 Å². The van der Waals surface area contributed by atoms with E-state index in [1.807, 2.05) is 30.3 Å². The molecule has 4 aromatic rings. The van der Waals surface area contributed by atoms with Crippen molar-refractivity contribution in [1.82, 2.24) is 4.72 Å². The Kier molecular flexibility index (Phi) is 5.95. The van der Waals surface area contributed by atoms with Gasteiger partial charge in [-0.15, -0.1) is 11.3 Å². The second-order valence-electron chi connectivity index (χ2n) is 7.44. The standard InChI is InChI=1S/C22H20BrNO5S2/c1-12(2)21(22(25)28-3)24-31(26,27)14-5-7-17-16(11-14)15-6-4-13(10-18(15)29-17)19-8-9-20(23)30-19/h4-12,21,24H,1-3H3. The zero-order valence-corrected chi connectivity index (χ0v) is 20.2. The van der Waals surface area contributed by atoms with Gasteiger partial charge in [0.1, 0.15) is 17.2 Å². The predicted octanol–water partition coefficient (Wildman–Crippen LogP) is 5.55. The molecule has 0 aliphatic heterocycles. The van der Waals surface area contributed by atoms with E-state index in [0.29, 0.717) is 16.6 Å². The number of carbonyl (C=O) groups is 1. The van der Waals surface area contributed by atoms with Crippen LogP contribution in [0, 0.1) is 5.92 Å². The molecule has 2 aromatic carbocycles. The van der Waals surface area contributed by atoms with Gasteiger partial charge in [-0.3, -0.25) is 4.79 Å². The van der Waals surface area contributed by atoms with E-state index in [1.165, 1.54) is 13.2 Å². The average Bonchev–Trinajstić information content (AvgIpc) is 3.33. The number of carbonyl (C=O) groups excluding carboxylic acids is 1. The van der Waals surface area contributed by atoms with Crippen LogP contribution >= 0.6 is 27.3 Å². The maximum absolute atomic E-state index is 13.0. The molecule has 1 atom stereocenters. The SMILES string of the molecule is COC(=O)C(NS(=O)(=O)c1ccc2oc3cc(-c4ccc(Br)s4)ccc3c2c1)C(C)C. The number of sulfonamides is 1. The summed E-state index contributed by atoms with van der Waals surface area (Å²) >= 11 is 5.10. The first-order valence-electron chi connectivity index (χ1n) is 9.52. The van der Waals surface area contributed by atoms with Crippen molar-refractivity contribution in [3.8, 4) is 10.4 Å². The number of nitrogens with one attached hydrogen (secondary N) is 1. The Hall–Kier alpha value is -2.20. The molecule has 0 bridgehead atoms. The molecule has 2 heterocycles. The van der Waals surface area contributed by atoms with E-state index in [9.17, 15) is 13.2 Å². The van der Waals surface area contributed by atoms with Gasteiger partial charge in [-0.2, -0.15) is 4.72 Å². The number of hydrogen-bond acceptors (Lipinski definition) is 6. The topological polar surface area (TPSA) is 85.6 Å². The summed E-state index contributed by atoms with van der Waals surface area (Å²) in [5.74, 6) is -0.891. The third-order valence-electron chi connectivity index (χ3n) is 5.01. The second-order valence-corrected chi connectivity index (χ2v) is 11.6. The van der Waals surface area contributed by atoms with Crippen LogP contribution in [0.15, 0.2) is 61.6 Å². The molecule has 0 saturated heterocycles. The van der Waals surface area contributed by atoms with E-state index in [0.717, 1.165) is 19.6 Å². The van der Waals surface area contributed by atoms with E-state index < -0.39 is 22.0 Å². The molecule has 0 aliphatic carbocycles. The summed E-state index contributed by atoms with van der Waals surface area (Å²) in [4.78, 5) is 13.2. The lowest BCUT2D eigenvalue weighted by atomic mass is 10.1. The summed E-state index contributed by atoms with van der Waals surface area (Å²) < 4.78 is 40.1. The van der Waals surface area contributed by atoms with Crippen molar-refractivity contribution in [2.75, 3.05) is 7.11 Å². The van der Waals surface area contributed by atoms with E-state index in [1.54, 1.807) is 37.3 Å². The molecule has 0 spiro atoms. The molecule has 1 unspecified atom stereocenters. The summed E-state index contributed by atoms with van der Waals surface area (Å²) in [6.45, 7) is 3.50. The molecule has 31 heavy (non-hydrogen) atoms. The summed E-state index contributed by atoms with van der Waals surface area (Å²) in [5, 5.41) is 1.51. The molecular weight excluding hydrogens is 502 g/mol. The van der Waals surface area contributed by atoms with Gasteiger partial charge in [-0.05, 0) is 69.9 Å². The smallest absolute Gasteiger partial charge is 0.324 e. The van der Waals surface area contributed by atoms with Gasteiger partial charge < -0.3 is 9.15 Å². The van der Waals surface area contributed by atoms with Gasteiger partial charge in [0.25, 0.3) is 0 Å². The van der Waals surface area contributed by atoms with Crippen molar-refractivity contribution >= 4 is 65.2 Å². The minimum Gasteiger partial charge on any atom is -0.468 e. The highest BCUT2D eigenvalue weighted by atomic mass is 79.9. The third kappa shape index (κ3) is 4.27. The van der Waals surface area contributed by atoms with Crippen LogP contribution in [0.3, 0.4) is 0 Å². The lowest BCUT2D eigenvalue weighted by molar-refractivity contribution is -0.143. The van der Waals surface area contributed by atoms with Gasteiger partial charge in [0.2, 0.25) is 10.0 Å². The lowest BCUT2D eigenvalue weighted by Crippen LogP contribution is -2.44. The van der Waals surface area contributed by atoms with Crippen LogP contribution in [0.2, 0.25) is 0 Å². The maximum Gasteiger partial charge on any atom is 0.324 e. The van der Waals surface area contributed by atoms with Crippen molar-refractivity contribution in [3.05, 3.63) is 52.3 Å². The highest BCUT2D eigenvalue weighted by Crippen LogP contribution is 2.36. The third-order valence-corrected chi connectivity index (χ3v) is 8.13. The van der Waals surface area contributed by atoms with Crippen molar-refractivity contribution in [2.24, 2.45) is 5.92 Å². The maximum atomic E-state index is 13.0. The van der Waals surface area contributed by atoms with Gasteiger partial charge in [0.05, 0.1) is 15.8 Å². The molecule has 6 nitrogen and oxygen atoms in total. The van der Waals surface area contributed by atoms with Crippen LogP contribution < -0.4 is 4.72 Å². The number of thiophene rings is 1. The minimum absolute atomic E-state index is 0.0588. The van der Waals surface area contributed by atoms with E-state index in [2.05, 4.69) is 20.7 Å². The number of esters is 1. The van der Waals surface area contributed by atoms with Crippen molar-refractivity contribution in [1.29, 1.82) is 0 Å². The van der Waals surface area contributed by atoms with E-state index in [4.69, 9.17) is 9.15 Å². The van der Waals surface area contributed by atoms with E-state index >= 15 is 0 Å². The first-order chi connectivity index (χ1) is 14.7. The fourth-order valence-electron chi connectivity index (χ4n) is 3.36. The van der Waals surface area contributed by atoms with Crippen molar-refractivity contribution in [2.45, 2.75) is 24.8 Å². The number of hydrogen-bond donors (Lipinski definition) is 1. The van der Waals surface area contributed by atoms with Gasteiger partial charge >= 0.3 is 5.97 Å². The first kappa shape index (κ1) is 22.0. The second kappa shape index (κ2) is 8.38.